The van der Waals surface area contributed by atoms with E-state index in [4.69, 9.17) is 16.3 Å². The fourth-order valence-corrected chi connectivity index (χ4v) is 4.96. The maximum atomic E-state index is 6.82. The maximum Gasteiger partial charge on any atom is 0.213 e. The Morgan fingerprint density at radius 1 is 1.21 bits per heavy atom. The Hall–Kier alpha value is -2.60. The Balaban J connectivity index is 1.46. The third-order valence-electron chi connectivity index (χ3n) is 6.07. The van der Waals surface area contributed by atoms with E-state index in [0.29, 0.717) is 18.3 Å². The SMILES string of the molecule is CN1CC=C(Cl)C([C@H]2CC[C@H](Oc3ccccn3)CC2)=c2[nH]c3c(c21)CN=NC=3. The lowest BCUT2D eigenvalue weighted by atomic mass is 9.81. The molecule has 0 bridgehead atoms. The summed E-state index contributed by atoms with van der Waals surface area (Å²) in [4.78, 5) is 10.1. The number of likely N-dealkylation sites (N-methyl/N-ethyl adjacent to an activating group) is 1. The molecule has 0 unspecified atom stereocenters. The fraction of sp³-hybridized carbons (Fsp3) is 0.409. The highest BCUT2D eigenvalue weighted by molar-refractivity contribution is 6.36. The van der Waals surface area contributed by atoms with E-state index >= 15 is 0 Å². The molecule has 0 amide bonds. The number of aromatic amines is 1. The molecule has 1 aliphatic carbocycles. The van der Waals surface area contributed by atoms with Crippen LogP contribution in [0, 0.1) is 5.92 Å². The average Bonchev–Trinajstić information content (AvgIpc) is 3.08. The Kier molecular flexibility index (Phi) is 4.87. The van der Waals surface area contributed by atoms with Crippen molar-refractivity contribution in [3.8, 4) is 5.88 Å². The number of pyridine rings is 1. The molecule has 6 nitrogen and oxygen atoms in total. The summed E-state index contributed by atoms with van der Waals surface area (Å²) < 4.78 is 6.08. The monoisotopic (exact) mass is 409 g/mol. The Bertz CT molecular complexity index is 1080. The maximum absolute atomic E-state index is 6.82. The Morgan fingerprint density at radius 2 is 2.07 bits per heavy atom. The summed E-state index contributed by atoms with van der Waals surface area (Å²) in [5.74, 6) is 1.11. The summed E-state index contributed by atoms with van der Waals surface area (Å²) in [5.41, 5.74) is 3.65. The number of rotatable bonds is 3. The lowest BCUT2D eigenvalue weighted by Gasteiger charge is -2.30. The number of azo groups is 1. The molecule has 1 N–H and O–H groups in total. The van der Waals surface area contributed by atoms with E-state index in [9.17, 15) is 0 Å². The lowest BCUT2D eigenvalue weighted by molar-refractivity contribution is 0.137. The van der Waals surface area contributed by atoms with E-state index in [1.165, 1.54) is 16.8 Å². The van der Waals surface area contributed by atoms with Crippen LogP contribution in [0.1, 0.15) is 31.2 Å². The average molecular weight is 410 g/mol. The van der Waals surface area contributed by atoms with Crippen molar-refractivity contribution in [3.63, 3.8) is 0 Å². The number of H-pyrrole nitrogens is 1. The number of hydrogen-bond donors (Lipinski definition) is 1. The molecule has 0 radical (unpaired) electrons. The first-order valence-corrected chi connectivity index (χ1v) is 10.5. The molecule has 150 valence electrons. The summed E-state index contributed by atoms with van der Waals surface area (Å²) in [6.07, 6.45) is 10.0. The fourth-order valence-electron chi connectivity index (χ4n) is 4.64. The van der Waals surface area contributed by atoms with Crippen LogP contribution >= 0.6 is 11.6 Å². The number of hydrogen-bond acceptors (Lipinski definition) is 5. The standard InChI is InChI=1S/C22H24ClN5O/c1-28-11-9-17(23)20(21-22(28)16-12-25-26-13-18(16)27-21)14-5-7-15(8-6-14)29-19-4-2-3-10-24-19/h2-4,9-10,13-15,27H,5-8,11-12H2,1H3/t14-,15-. The van der Waals surface area contributed by atoms with Gasteiger partial charge in [0.25, 0.3) is 0 Å². The van der Waals surface area contributed by atoms with E-state index in [1.54, 1.807) is 6.20 Å². The number of aromatic nitrogens is 2. The van der Waals surface area contributed by atoms with Gasteiger partial charge in [-0.1, -0.05) is 17.7 Å². The summed E-state index contributed by atoms with van der Waals surface area (Å²) in [7, 11) is 2.11. The lowest BCUT2D eigenvalue weighted by Crippen LogP contribution is -2.28. The van der Waals surface area contributed by atoms with Crippen molar-refractivity contribution in [2.24, 2.45) is 16.1 Å². The van der Waals surface area contributed by atoms with Gasteiger partial charge in [-0.3, -0.25) is 0 Å². The number of ether oxygens (including phenoxy) is 1. The summed E-state index contributed by atoms with van der Waals surface area (Å²) in [6, 6.07) is 5.79. The van der Waals surface area contributed by atoms with Gasteiger partial charge in [-0.05, 0) is 49.3 Å². The molecule has 29 heavy (non-hydrogen) atoms. The van der Waals surface area contributed by atoms with Crippen LogP contribution in [-0.2, 0) is 6.54 Å². The molecule has 2 aliphatic heterocycles. The van der Waals surface area contributed by atoms with Gasteiger partial charge in [0.15, 0.2) is 0 Å². The molecule has 0 saturated heterocycles. The molecule has 0 spiro atoms. The van der Waals surface area contributed by atoms with Crippen LogP contribution in [0.2, 0.25) is 0 Å². The van der Waals surface area contributed by atoms with Gasteiger partial charge in [-0.15, -0.1) is 0 Å². The first-order chi connectivity index (χ1) is 14.2. The predicted molar refractivity (Wildman–Crippen MR) is 114 cm³/mol. The molecule has 0 atom stereocenters. The quantitative estimate of drug-likeness (QED) is 0.844. The van der Waals surface area contributed by atoms with Gasteiger partial charge in [-0.25, -0.2) is 4.98 Å². The molecular weight excluding hydrogens is 386 g/mol. The van der Waals surface area contributed by atoms with Crippen LogP contribution < -0.4 is 20.3 Å². The number of halogens is 1. The second-order valence-electron chi connectivity index (χ2n) is 7.89. The number of allylic oxidation sites excluding steroid dienone is 1. The zero-order valence-electron chi connectivity index (χ0n) is 16.4. The highest BCUT2D eigenvalue weighted by atomic mass is 35.5. The Morgan fingerprint density at radius 3 is 2.86 bits per heavy atom. The van der Waals surface area contributed by atoms with Gasteiger partial charge in [0, 0.05) is 36.5 Å². The minimum absolute atomic E-state index is 0.209. The van der Waals surface area contributed by atoms with Crippen LogP contribution in [0.5, 0.6) is 5.88 Å². The minimum Gasteiger partial charge on any atom is -0.474 e. The molecule has 3 aliphatic rings. The highest BCUT2D eigenvalue weighted by Gasteiger charge is 2.30. The summed E-state index contributed by atoms with van der Waals surface area (Å²) >= 11 is 6.82. The summed E-state index contributed by atoms with van der Waals surface area (Å²) in [6.45, 7) is 1.40. The van der Waals surface area contributed by atoms with Gasteiger partial charge in [0.1, 0.15) is 6.10 Å². The van der Waals surface area contributed by atoms with E-state index < -0.39 is 0 Å². The van der Waals surface area contributed by atoms with Gasteiger partial charge < -0.3 is 14.6 Å². The van der Waals surface area contributed by atoms with Crippen LogP contribution in [0.4, 0.5) is 5.69 Å². The molecule has 5 rings (SSSR count). The summed E-state index contributed by atoms with van der Waals surface area (Å²) in [5, 5.41) is 11.3. The molecule has 1 fully saturated rings. The molecule has 2 aromatic heterocycles. The normalized spacial score (nSPS) is 23.6. The van der Waals surface area contributed by atoms with Crippen LogP contribution in [0.25, 0.3) is 11.8 Å². The smallest absolute Gasteiger partial charge is 0.213 e. The second-order valence-corrected chi connectivity index (χ2v) is 8.30. The van der Waals surface area contributed by atoms with Crippen molar-refractivity contribution < 1.29 is 4.74 Å². The Labute approximate surface area is 174 Å². The van der Waals surface area contributed by atoms with Gasteiger partial charge >= 0.3 is 0 Å². The third-order valence-corrected chi connectivity index (χ3v) is 6.42. The molecule has 0 aromatic carbocycles. The van der Waals surface area contributed by atoms with Gasteiger partial charge in [0.2, 0.25) is 5.88 Å². The number of fused-ring (bicyclic) bond motifs is 3. The van der Waals surface area contributed by atoms with E-state index in [1.807, 2.05) is 24.4 Å². The topological polar surface area (TPSA) is 65.9 Å². The van der Waals surface area contributed by atoms with Crippen molar-refractivity contribution in [1.82, 2.24) is 9.97 Å². The minimum atomic E-state index is 0.209. The molecule has 4 heterocycles. The first-order valence-electron chi connectivity index (χ1n) is 10.2. The third kappa shape index (κ3) is 3.46. The van der Waals surface area contributed by atoms with Gasteiger partial charge in [-0.2, -0.15) is 10.2 Å². The predicted octanol–water partition coefficient (Wildman–Crippen LogP) is 3.47. The molecular formula is C22H24ClN5O. The van der Waals surface area contributed by atoms with Crippen LogP contribution in [0.15, 0.2) is 45.7 Å². The van der Waals surface area contributed by atoms with E-state index in [0.717, 1.165) is 48.0 Å². The number of nitrogens with one attached hydrogen (secondary N) is 1. The molecule has 7 heteroatoms. The first kappa shape index (κ1) is 18.4. The molecule has 1 saturated carbocycles. The van der Waals surface area contributed by atoms with Crippen molar-refractivity contribution >= 4 is 29.1 Å². The van der Waals surface area contributed by atoms with Crippen LogP contribution in [0.3, 0.4) is 0 Å². The zero-order valence-corrected chi connectivity index (χ0v) is 17.2. The van der Waals surface area contributed by atoms with Crippen molar-refractivity contribution in [3.05, 3.63) is 51.8 Å². The highest BCUT2D eigenvalue weighted by Crippen LogP contribution is 2.38. The van der Waals surface area contributed by atoms with E-state index in [2.05, 4.69) is 38.2 Å². The van der Waals surface area contributed by atoms with Crippen molar-refractivity contribution in [1.29, 1.82) is 0 Å². The van der Waals surface area contributed by atoms with Crippen molar-refractivity contribution in [2.45, 2.75) is 38.3 Å². The number of nitrogens with zero attached hydrogens (tertiary/aromatic N) is 4. The van der Waals surface area contributed by atoms with Crippen LogP contribution in [-0.4, -0.2) is 29.7 Å². The zero-order chi connectivity index (χ0) is 19.8. The van der Waals surface area contributed by atoms with E-state index in [-0.39, 0.29) is 6.10 Å². The number of anilines is 1. The second kappa shape index (κ2) is 7.67. The molecule has 2 aromatic rings. The largest absolute Gasteiger partial charge is 0.474 e. The van der Waals surface area contributed by atoms with Crippen molar-refractivity contribution in [2.75, 3.05) is 18.5 Å². The van der Waals surface area contributed by atoms with Gasteiger partial charge in [0.05, 0.1) is 29.1 Å².